The van der Waals surface area contributed by atoms with Gasteiger partial charge in [-0.3, -0.25) is 0 Å². The predicted molar refractivity (Wildman–Crippen MR) is 61.6 cm³/mol. The van der Waals surface area contributed by atoms with Crippen LogP contribution in [-0.4, -0.2) is 23.4 Å². The van der Waals surface area contributed by atoms with E-state index in [9.17, 15) is 0 Å². The van der Waals surface area contributed by atoms with Crippen molar-refractivity contribution in [2.45, 2.75) is 12.8 Å². The molecule has 0 aromatic carbocycles. The Bertz CT molecular complexity index is 310. The van der Waals surface area contributed by atoms with Crippen LogP contribution in [0.1, 0.15) is 12.3 Å². The first-order valence-corrected chi connectivity index (χ1v) is 5.58. The molecule has 5 heteroatoms. The minimum Gasteiger partial charge on any atom is -0.449 e. The van der Waals surface area contributed by atoms with E-state index in [-0.39, 0.29) is 0 Å². The standard InChI is InChI=1S/C7H8N2O.C3H4BrN/c1-8-4-2-3-7-9-5-6-10-7;1-5-3-2-4/h5-6H,2-4H2;2-3H2. The molecule has 0 spiro atoms. The molecule has 0 radical (unpaired) electrons. The van der Waals surface area contributed by atoms with Crippen LogP contribution in [0, 0.1) is 13.1 Å². The Morgan fingerprint density at radius 2 is 2.07 bits per heavy atom. The summed E-state index contributed by atoms with van der Waals surface area (Å²) in [4.78, 5) is 10.2. The van der Waals surface area contributed by atoms with E-state index in [0.29, 0.717) is 13.1 Å². The summed E-state index contributed by atoms with van der Waals surface area (Å²) in [5, 5.41) is 0.802. The van der Waals surface area contributed by atoms with Crippen molar-refractivity contribution in [2.24, 2.45) is 0 Å². The largest absolute Gasteiger partial charge is 0.449 e. The second-order valence-electron chi connectivity index (χ2n) is 2.48. The van der Waals surface area contributed by atoms with Crippen molar-refractivity contribution in [1.29, 1.82) is 0 Å². The van der Waals surface area contributed by atoms with Gasteiger partial charge in [-0.05, 0) is 0 Å². The molecule has 0 amide bonds. The SMILES string of the molecule is [C-]#[N+]CCBr.[C-]#[N+]CCCc1ncco1. The van der Waals surface area contributed by atoms with Crippen LogP contribution in [0.3, 0.4) is 0 Å². The third-order valence-corrected chi connectivity index (χ3v) is 1.69. The Kier molecular flexibility index (Phi) is 9.80. The molecule has 0 N–H and O–H groups in total. The zero-order valence-electron chi connectivity index (χ0n) is 8.32. The molecule has 1 rings (SSSR count). The van der Waals surface area contributed by atoms with E-state index in [1.165, 1.54) is 0 Å². The number of hydrogen-bond acceptors (Lipinski definition) is 2. The number of halogens is 1. The average Bonchev–Trinajstić information content (AvgIpc) is 2.73. The van der Waals surface area contributed by atoms with E-state index >= 15 is 0 Å². The number of aryl methyl sites for hydroxylation is 1. The Hall–Kier alpha value is -1.33. The molecule has 1 aromatic rings. The highest BCUT2D eigenvalue weighted by molar-refractivity contribution is 9.09. The van der Waals surface area contributed by atoms with Gasteiger partial charge in [0.05, 0.1) is 11.5 Å². The van der Waals surface area contributed by atoms with Crippen LogP contribution in [-0.2, 0) is 6.42 Å². The zero-order valence-corrected chi connectivity index (χ0v) is 9.90. The van der Waals surface area contributed by atoms with Gasteiger partial charge in [-0.2, -0.15) is 0 Å². The van der Waals surface area contributed by atoms with Crippen molar-refractivity contribution in [3.05, 3.63) is 41.2 Å². The molecule has 0 atom stereocenters. The molecule has 0 unspecified atom stereocenters. The fourth-order valence-corrected chi connectivity index (χ4v) is 0.905. The van der Waals surface area contributed by atoms with Crippen LogP contribution in [0.5, 0.6) is 0 Å². The molecule has 0 aliphatic heterocycles. The highest BCUT2D eigenvalue weighted by Crippen LogP contribution is 1.98. The molecular formula is C10H12BrN3O. The van der Waals surface area contributed by atoms with Gasteiger partial charge in [0.25, 0.3) is 0 Å². The fourth-order valence-electron chi connectivity index (χ4n) is 0.728. The topological polar surface area (TPSA) is 34.8 Å². The highest BCUT2D eigenvalue weighted by atomic mass is 79.9. The second kappa shape index (κ2) is 10.7. The molecule has 1 aromatic heterocycles. The quantitative estimate of drug-likeness (QED) is 0.479. The minimum atomic E-state index is 0.558. The van der Waals surface area contributed by atoms with E-state index in [1.807, 2.05) is 0 Å². The molecule has 80 valence electrons. The van der Waals surface area contributed by atoms with E-state index in [1.54, 1.807) is 12.5 Å². The molecule has 15 heavy (non-hydrogen) atoms. The first-order valence-electron chi connectivity index (χ1n) is 4.46. The lowest BCUT2D eigenvalue weighted by molar-refractivity contribution is 0.490. The van der Waals surface area contributed by atoms with Gasteiger partial charge in [-0.1, -0.05) is 15.9 Å². The van der Waals surface area contributed by atoms with Gasteiger partial charge < -0.3 is 14.1 Å². The maximum atomic E-state index is 6.51. The number of hydrogen-bond donors (Lipinski definition) is 0. The maximum absolute atomic E-state index is 6.51. The van der Waals surface area contributed by atoms with Crippen molar-refractivity contribution in [1.82, 2.24) is 4.98 Å². The van der Waals surface area contributed by atoms with E-state index in [2.05, 4.69) is 30.6 Å². The maximum Gasteiger partial charge on any atom is 0.224 e. The van der Waals surface area contributed by atoms with Crippen molar-refractivity contribution in [3.8, 4) is 0 Å². The third kappa shape index (κ3) is 8.99. The van der Waals surface area contributed by atoms with Crippen molar-refractivity contribution < 1.29 is 4.42 Å². The first kappa shape index (κ1) is 13.7. The van der Waals surface area contributed by atoms with Gasteiger partial charge in [0.1, 0.15) is 6.26 Å². The summed E-state index contributed by atoms with van der Waals surface area (Å²) in [6, 6.07) is 0. The number of oxazole rings is 1. The smallest absolute Gasteiger partial charge is 0.224 e. The Balaban J connectivity index is 0.000000336. The molecule has 1 heterocycles. The summed E-state index contributed by atoms with van der Waals surface area (Å²) in [6.07, 6.45) is 4.78. The van der Waals surface area contributed by atoms with Gasteiger partial charge in [-0.15, -0.1) is 0 Å². The molecule has 4 nitrogen and oxygen atoms in total. The molecule has 0 aliphatic rings. The zero-order chi connectivity index (χ0) is 11.4. The van der Waals surface area contributed by atoms with E-state index in [0.717, 1.165) is 24.1 Å². The number of alkyl halides is 1. The lowest BCUT2D eigenvalue weighted by Gasteiger charge is -1.86. The number of aromatic nitrogens is 1. The van der Waals surface area contributed by atoms with Gasteiger partial charge in [0.15, 0.2) is 5.89 Å². The lowest BCUT2D eigenvalue weighted by atomic mass is 10.3. The van der Waals surface area contributed by atoms with Crippen LogP contribution in [0.2, 0.25) is 0 Å². The summed E-state index contributed by atoms with van der Waals surface area (Å²) >= 11 is 3.10. The third-order valence-electron chi connectivity index (χ3n) is 1.34. The van der Waals surface area contributed by atoms with Crippen LogP contribution in [0.15, 0.2) is 16.9 Å². The molecule has 0 bridgehead atoms. The average molecular weight is 270 g/mol. The minimum absolute atomic E-state index is 0.558. The Morgan fingerprint density at radius 1 is 1.33 bits per heavy atom. The summed E-state index contributed by atoms with van der Waals surface area (Å²) in [5.74, 6) is 0.726. The van der Waals surface area contributed by atoms with Crippen LogP contribution >= 0.6 is 15.9 Å². The van der Waals surface area contributed by atoms with Crippen LogP contribution < -0.4 is 0 Å². The van der Waals surface area contributed by atoms with Crippen LogP contribution in [0.25, 0.3) is 9.69 Å². The molecule has 0 saturated heterocycles. The van der Waals surface area contributed by atoms with Gasteiger partial charge >= 0.3 is 0 Å². The summed E-state index contributed by atoms with van der Waals surface area (Å²) in [5.41, 5.74) is 0. The van der Waals surface area contributed by atoms with Crippen molar-refractivity contribution in [3.63, 3.8) is 0 Å². The second-order valence-corrected chi connectivity index (χ2v) is 3.27. The van der Waals surface area contributed by atoms with E-state index in [4.69, 9.17) is 17.6 Å². The molecule has 0 aliphatic carbocycles. The Morgan fingerprint density at radius 3 is 2.47 bits per heavy atom. The normalized spacial score (nSPS) is 8.20. The van der Waals surface area contributed by atoms with Gasteiger partial charge in [0, 0.05) is 12.8 Å². The van der Waals surface area contributed by atoms with Gasteiger partial charge in [-0.25, -0.2) is 18.1 Å². The first-order chi connectivity index (χ1) is 7.35. The highest BCUT2D eigenvalue weighted by Gasteiger charge is 1.96. The molecule has 0 saturated carbocycles. The van der Waals surface area contributed by atoms with Crippen molar-refractivity contribution >= 4 is 15.9 Å². The van der Waals surface area contributed by atoms with Crippen LogP contribution in [0.4, 0.5) is 0 Å². The predicted octanol–water partition coefficient (Wildman–Crippen LogP) is 2.83. The molecular weight excluding hydrogens is 258 g/mol. The van der Waals surface area contributed by atoms with Gasteiger partial charge in [0.2, 0.25) is 13.1 Å². The van der Waals surface area contributed by atoms with E-state index < -0.39 is 0 Å². The summed E-state index contributed by atoms with van der Waals surface area (Å²) in [6.45, 7) is 13.9. The summed E-state index contributed by atoms with van der Waals surface area (Å²) in [7, 11) is 0. The number of rotatable bonds is 4. The fraction of sp³-hybridized carbons (Fsp3) is 0.500. The number of nitrogens with zero attached hydrogens (tertiary/aromatic N) is 3. The van der Waals surface area contributed by atoms with Crippen molar-refractivity contribution in [2.75, 3.05) is 18.4 Å². The molecule has 0 fully saturated rings. The Labute approximate surface area is 98.1 Å². The lowest BCUT2D eigenvalue weighted by Crippen LogP contribution is -1.85. The summed E-state index contributed by atoms with van der Waals surface area (Å²) < 4.78 is 4.97. The monoisotopic (exact) mass is 269 g/mol.